The Kier molecular flexibility index (Phi) is 3.16. The molecule has 0 spiro atoms. The number of carbonyl (C=O) groups excluding carboxylic acids is 1. The number of sulfonamides is 1. The van der Waals surface area contributed by atoms with E-state index in [2.05, 4.69) is 0 Å². The topological polar surface area (TPSA) is 81.7 Å². The summed E-state index contributed by atoms with van der Waals surface area (Å²) >= 11 is 0. The van der Waals surface area contributed by atoms with Gasteiger partial charge >= 0.3 is 0 Å². The average Bonchev–Trinajstić information content (AvgIpc) is 2.25. The van der Waals surface area contributed by atoms with E-state index in [1.165, 1.54) is 0 Å². The Balaban J connectivity index is 2.19. The van der Waals surface area contributed by atoms with Gasteiger partial charge in [0, 0.05) is 0 Å². The zero-order chi connectivity index (χ0) is 13.3. The fourth-order valence-electron chi connectivity index (χ4n) is 1.65. The predicted molar refractivity (Wildman–Crippen MR) is 63.9 cm³/mol. The minimum absolute atomic E-state index is 0.421. The molecule has 1 amide bonds. The first-order valence-corrected chi connectivity index (χ1v) is 7.20. The summed E-state index contributed by atoms with van der Waals surface area (Å²) in [7, 11) is -3.61. The third kappa shape index (κ3) is 2.73. The predicted octanol–water partition coefficient (Wildman–Crippen LogP) is 0.291. The molecule has 1 heterocycles. The highest BCUT2D eigenvalue weighted by atomic mass is 32.2. The van der Waals surface area contributed by atoms with Crippen LogP contribution in [0.3, 0.4) is 0 Å². The van der Waals surface area contributed by atoms with Crippen LogP contribution < -0.4 is 14.2 Å². The smallest absolute Gasteiger partial charge is 0.278 e. The quantitative estimate of drug-likeness (QED) is 0.836. The van der Waals surface area contributed by atoms with E-state index in [1.54, 1.807) is 31.2 Å². The van der Waals surface area contributed by atoms with Crippen molar-refractivity contribution >= 4 is 15.9 Å². The standard InChI is InChI=1S/C11H13NO5S/c1-7-10(11(13)12-18(2,14)15)17-9-6-4-3-5-8(9)16-7/h3-7,10H,1-2H3,(H,12,13). The Morgan fingerprint density at radius 3 is 2.33 bits per heavy atom. The van der Waals surface area contributed by atoms with Crippen molar-refractivity contribution in [3.8, 4) is 11.5 Å². The first-order valence-electron chi connectivity index (χ1n) is 5.31. The van der Waals surface area contributed by atoms with Gasteiger partial charge in [-0.25, -0.2) is 13.1 Å². The number of nitrogens with one attached hydrogen (secondary N) is 1. The van der Waals surface area contributed by atoms with Gasteiger partial charge in [-0.3, -0.25) is 4.79 Å². The lowest BCUT2D eigenvalue weighted by atomic mass is 10.2. The number of carbonyl (C=O) groups is 1. The van der Waals surface area contributed by atoms with Crippen LogP contribution in [-0.4, -0.2) is 32.8 Å². The highest BCUT2D eigenvalue weighted by Crippen LogP contribution is 2.33. The molecule has 1 aromatic rings. The van der Waals surface area contributed by atoms with E-state index in [4.69, 9.17) is 9.47 Å². The van der Waals surface area contributed by atoms with Crippen molar-refractivity contribution < 1.29 is 22.7 Å². The van der Waals surface area contributed by atoms with Gasteiger partial charge in [0.2, 0.25) is 16.1 Å². The number of amides is 1. The summed E-state index contributed by atoms with van der Waals surface area (Å²) in [6.45, 7) is 1.64. The molecule has 0 saturated heterocycles. The highest BCUT2D eigenvalue weighted by molar-refractivity contribution is 7.89. The van der Waals surface area contributed by atoms with Crippen molar-refractivity contribution in [2.45, 2.75) is 19.1 Å². The van der Waals surface area contributed by atoms with Crippen molar-refractivity contribution in [1.82, 2.24) is 4.72 Å². The molecular formula is C11H13NO5S. The lowest BCUT2D eigenvalue weighted by molar-refractivity contribution is -0.131. The number of benzene rings is 1. The van der Waals surface area contributed by atoms with Gasteiger partial charge in [-0.1, -0.05) is 12.1 Å². The number of fused-ring (bicyclic) bond motifs is 1. The fourth-order valence-corrected chi connectivity index (χ4v) is 2.13. The van der Waals surface area contributed by atoms with Crippen LogP contribution in [0.15, 0.2) is 24.3 Å². The number of hydrogen-bond acceptors (Lipinski definition) is 5. The van der Waals surface area contributed by atoms with E-state index >= 15 is 0 Å². The SMILES string of the molecule is CC1Oc2ccccc2OC1C(=O)NS(C)(=O)=O. The van der Waals surface area contributed by atoms with Crippen molar-refractivity contribution in [3.63, 3.8) is 0 Å². The molecule has 18 heavy (non-hydrogen) atoms. The number of para-hydroxylation sites is 2. The monoisotopic (exact) mass is 271 g/mol. The Bertz CT molecular complexity index is 569. The molecule has 2 atom stereocenters. The van der Waals surface area contributed by atoms with Crippen molar-refractivity contribution in [1.29, 1.82) is 0 Å². The molecule has 2 rings (SSSR count). The molecule has 6 nitrogen and oxygen atoms in total. The van der Waals surface area contributed by atoms with Crippen LogP contribution in [0.25, 0.3) is 0 Å². The van der Waals surface area contributed by atoms with Crippen LogP contribution in [-0.2, 0) is 14.8 Å². The summed E-state index contributed by atoms with van der Waals surface area (Å²) in [6, 6.07) is 6.90. The van der Waals surface area contributed by atoms with Crippen molar-refractivity contribution in [3.05, 3.63) is 24.3 Å². The van der Waals surface area contributed by atoms with Gasteiger partial charge in [-0.15, -0.1) is 0 Å². The fraction of sp³-hybridized carbons (Fsp3) is 0.364. The summed E-state index contributed by atoms with van der Waals surface area (Å²) in [5.41, 5.74) is 0. The molecule has 0 aromatic heterocycles. The van der Waals surface area contributed by atoms with E-state index in [-0.39, 0.29) is 0 Å². The molecule has 2 unspecified atom stereocenters. The molecule has 0 radical (unpaired) electrons. The summed E-state index contributed by atoms with van der Waals surface area (Å²) < 4.78 is 34.8. The number of hydrogen-bond donors (Lipinski definition) is 1. The minimum Gasteiger partial charge on any atom is -0.482 e. The van der Waals surface area contributed by atoms with E-state index < -0.39 is 28.1 Å². The molecule has 1 aromatic carbocycles. The lowest BCUT2D eigenvalue weighted by Crippen LogP contribution is -2.50. The summed E-state index contributed by atoms with van der Waals surface area (Å²) in [6.07, 6.45) is -0.649. The van der Waals surface area contributed by atoms with Gasteiger partial charge in [-0.05, 0) is 19.1 Å². The zero-order valence-electron chi connectivity index (χ0n) is 9.91. The van der Waals surface area contributed by atoms with E-state index in [9.17, 15) is 13.2 Å². The van der Waals surface area contributed by atoms with Gasteiger partial charge in [-0.2, -0.15) is 0 Å². The Morgan fingerprint density at radius 2 is 1.78 bits per heavy atom. The largest absolute Gasteiger partial charge is 0.482 e. The van der Waals surface area contributed by atoms with Crippen LogP contribution in [0.2, 0.25) is 0 Å². The molecule has 98 valence electrons. The van der Waals surface area contributed by atoms with Gasteiger partial charge < -0.3 is 9.47 Å². The second kappa shape index (κ2) is 4.49. The Hall–Kier alpha value is -1.76. The summed E-state index contributed by atoms with van der Waals surface area (Å²) in [5.74, 6) is 0.220. The molecule has 1 N–H and O–H groups in total. The minimum atomic E-state index is -3.61. The van der Waals surface area contributed by atoms with Crippen molar-refractivity contribution in [2.24, 2.45) is 0 Å². The Labute approximate surface area is 105 Å². The van der Waals surface area contributed by atoms with Crippen LogP contribution in [0.1, 0.15) is 6.92 Å². The Morgan fingerprint density at radius 1 is 1.22 bits per heavy atom. The molecule has 0 fully saturated rings. The third-order valence-electron chi connectivity index (χ3n) is 2.39. The van der Waals surface area contributed by atoms with Crippen LogP contribution in [0, 0.1) is 0 Å². The van der Waals surface area contributed by atoms with Gasteiger partial charge in [0.05, 0.1) is 6.26 Å². The van der Waals surface area contributed by atoms with E-state index in [0.29, 0.717) is 11.5 Å². The maximum Gasteiger partial charge on any atom is 0.278 e. The lowest BCUT2D eigenvalue weighted by Gasteiger charge is -2.30. The van der Waals surface area contributed by atoms with Crippen LogP contribution in [0.4, 0.5) is 0 Å². The van der Waals surface area contributed by atoms with Gasteiger partial charge in [0.15, 0.2) is 11.5 Å². The van der Waals surface area contributed by atoms with Crippen LogP contribution >= 0.6 is 0 Å². The van der Waals surface area contributed by atoms with E-state index in [1.807, 2.05) is 4.72 Å². The summed E-state index contributed by atoms with van der Waals surface area (Å²) in [4.78, 5) is 11.7. The first kappa shape index (κ1) is 12.7. The van der Waals surface area contributed by atoms with Crippen LogP contribution in [0.5, 0.6) is 11.5 Å². The highest BCUT2D eigenvalue weighted by Gasteiger charge is 2.35. The zero-order valence-corrected chi connectivity index (χ0v) is 10.7. The van der Waals surface area contributed by atoms with Crippen molar-refractivity contribution in [2.75, 3.05) is 6.26 Å². The molecule has 1 aliphatic rings. The normalized spacial score (nSPS) is 22.3. The molecule has 0 bridgehead atoms. The molecular weight excluding hydrogens is 258 g/mol. The number of rotatable bonds is 2. The molecule has 0 aliphatic carbocycles. The first-order chi connectivity index (χ1) is 8.37. The maximum absolute atomic E-state index is 11.7. The summed E-state index contributed by atoms with van der Waals surface area (Å²) in [5, 5.41) is 0. The third-order valence-corrected chi connectivity index (χ3v) is 2.96. The second-order valence-corrected chi connectivity index (χ2v) is 5.80. The average molecular weight is 271 g/mol. The van der Waals surface area contributed by atoms with Gasteiger partial charge in [0.25, 0.3) is 5.91 Å². The molecule has 7 heteroatoms. The number of ether oxygens (including phenoxy) is 2. The van der Waals surface area contributed by atoms with Gasteiger partial charge in [0.1, 0.15) is 6.10 Å². The molecule has 1 aliphatic heterocycles. The van der Waals surface area contributed by atoms with E-state index in [0.717, 1.165) is 6.26 Å². The molecule has 0 saturated carbocycles. The second-order valence-electron chi connectivity index (χ2n) is 4.05. The maximum atomic E-state index is 11.7.